The summed E-state index contributed by atoms with van der Waals surface area (Å²) in [6.45, 7) is 4.21. The summed E-state index contributed by atoms with van der Waals surface area (Å²) in [6.07, 6.45) is 0. The summed E-state index contributed by atoms with van der Waals surface area (Å²) in [4.78, 5) is 0. The van der Waals surface area contributed by atoms with E-state index < -0.39 is 0 Å². The zero-order chi connectivity index (χ0) is 10.7. The van der Waals surface area contributed by atoms with Gasteiger partial charge in [-0.1, -0.05) is 41.2 Å². The first-order valence-electron chi connectivity index (χ1n) is 4.85. The van der Waals surface area contributed by atoms with Crippen LogP contribution in [0.3, 0.4) is 0 Å². The predicted octanol–water partition coefficient (Wildman–Crippen LogP) is 3.02. The number of aryl methyl sites for hydroxylation is 1. The number of aromatic nitrogens is 2. The minimum Gasteiger partial charge on any atom is -0.354 e. The molecule has 4 heteroatoms. The fraction of sp³-hybridized carbons (Fsp3) is 0.273. The van der Waals surface area contributed by atoms with Crippen molar-refractivity contribution < 1.29 is 0 Å². The maximum atomic E-state index is 3.96. The second-order valence-corrected chi connectivity index (χ2v) is 4.35. The highest BCUT2D eigenvalue weighted by Crippen LogP contribution is 2.19. The molecule has 0 saturated heterocycles. The molecule has 0 aliphatic carbocycles. The standard InChI is InChI=1S/C11H13N3S/c1-8-3-5-10(6-4-8)9(2)13-11-14-12-7-15-11/h3-7,9H,1-2H3,(H,13,14). The normalized spacial score (nSPS) is 12.4. The number of rotatable bonds is 3. The Bertz CT molecular complexity index is 408. The molecule has 1 aromatic heterocycles. The number of hydrogen-bond donors (Lipinski definition) is 1. The molecule has 0 saturated carbocycles. The molecule has 1 atom stereocenters. The molecule has 1 heterocycles. The monoisotopic (exact) mass is 219 g/mol. The lowest BCUT2D eigenvalue weighted by atomic mass is 10.1. The summed E-state index contributed by atoms with van der Waals surface area (Å²) in [5.74, 6) is 0. The minimum atomic E-state index is 0.263. The maximum absolute atomic E-state index is 3.96. The van der Waals surface area contributed by atoms with Gasteiger partial charge in [-0.3, -0.25) is 0 Å². The van der Waals surface area contributed by atoms with Crippen LogP contribution < -0.4 is 5.32 Å². The van der Waals surface area contributed by atoms with E-state index in [4.69, 9.17) is 0 Å². The lowest BCUT2D eigenvalue weighted by molar-refractivity contribution is 0.873. The highest BCUT2D eigenvalue weighted by molar-refractivity contribution is 7.13. The van der Waals surface area contributed by atoms with Crippen LogP contribution >= 0.6 is 11.3 Å². The van der Waals surface area contributed by atoms with Gasteiger partial charge in [-0.15, -0.1) is 10.2 Å². The average Bonchev–Trinajstić information content (AvgIpc) is 2.71. The topological polar surface area (TPSA) is 37.8 Å². The Labute approximate surface area is 93.2 Å². The Morgan fingerprint density at radius 3 is 2.60 bits per heavy atom. The summed E-state index contributed by atoms with van der Waals surface area (Å²) < 4.78 is 0. The summed E-state index contributed by atoms with van der Waals surface area (Å²) in [5.41, 5.74) is 4.27. The predicted molar refractivity (Wildman–Crippen MR) is 63.1 cm³/mol. The van der Waals surface area contributed by atoms with Gasteiger partial charge in [0.1, 0.15) is 5.51 Å². The quantitative estimate of drug-likeness (QED) is 0.862. The zero-order valence-corrected chi connectivity index (χ0v) is 9.58. The third kappa shape index (κ3) is 2.53. The highest BCUT2D eigenvalue weighted by Gasteiger charge is 2.06. The second-order valence-electron chi connectivity index (χ2n) is 3.52. The van der Waals surface area contributed by atoms with E-state index in [9.17, 15) is 0 Å². The van der Waals surface area contributed by atoms with E-state index in [-0.39, 0.29) is 6.04 Å². The summed E-state index contributed by atoms with van der Waals surface area (Å²) in [6, 6.07) is 8.77. The molecule has 0 bridgehead atoms. The number of nitrogens with zero attached hydrogens (tertiary/aromatic N) is 2. The molecule has 0 fully saturated rings. The van der Waals surface area contributed by atoms with Crippen LogP contribution in [0.4, 0.5) is 5.13 Å². The van der Waals surface area contributed by atoms with E-state index in [1.165, 1.54) is 22.5 Å². The van der Waals surface area contributed by atoms with Crippen LogP contribution in [-0.2, 0) is 0 Å². The van der Waals surface area contributed by atoms with E-state index in [1.807, 2.05) is 0 Å². The lowest BCUT2D eigenvalue weighted by Crippen LogP contribution is -2.06. The van der Waals surface area contributed by atoms with Crippen LogP contribution in [0.25, 0.3) is 0 Å². The van der Waals surface area contributed by atoms with Crippen molar-refractivity contribution in [1.82, 2.24) is 10.2 Å². The molecule has 3 nitrogen and oxygen atoms in total. The van der Waals surface area contributed by atoms with Gasteiger partial charge in [-0.05, 0) is 19.4 Å². The van der Waals surface area contributed by atoms with Gasteiger partial charge in [0, 0.05) is 0 Å². The molecule has 0 spiro atoms. The third-order valence-corrected chi connectivity index (χ3v) is 2.90. The van der Waals surface area contributed by atoms with Crippen molar-refractivity contribution in [3.8, 4) is 0 Å². The van der Waals surface area contributed by atoms with Crippen LogP contribution in [0, 0.1) is 6.92 Å². The van der Waals surface area contributed by atoms with Crippen LogP contribution in [0.15, 0.2) is 29.8 Å². The molecule has 2 rings (SSSR count). The Balaban J connectivity index is 2.08. The number of hydrogen-bond acceptors (Lipinski definition) is 4. The van der Waals surface area contributed by atoms with Crippen LogP contribution in [-0.4, -0.2) is 10.2 Å². The van der Waals surface area contributed by atoms with Crippen molar-refractivity contribution in [2.45, 2.75) is 19.9 Å². The molecule has 1 N–H and O–H groups in total. The van der Waals surface area contributed by atoms with E-state index in [0.717, 1.165) is 5.13 Å². The number of anilines is 1. The van der Waals surface area contributed by atoms with Crippen LogP contribution in [0.1, 0.15) is 24.1 Å². The Morgan fingerprint density at radius 1 is 1.27 bits per heavy atom. The Hall–Kier alpha value is -1.42. The van der Waals surface area contributed by atoms with Crippen molar-refractivity contribution in [1.29, 1.82) is 0 Å². The smallest absolute Gasteiger partial charge is 0.205 e. The van der Waals surface area contributed by atoms with Gasteiger partial charge in [-0.25, -0.2) is 0 Å². The molecular formula is C11H13N3S. The van der Waals surface area contributed by atoms with E-state index in [0.29, 0.717) is 0 Å². The molecule has 1 unspecified atom stereocenters. The highest BCUT2D eigenvalue weighted by atomic mass is 32.1. The largest absolute Gasteiger partial charge is 0.354 e. The summed E-state index contributed by atoms with van der Waals surface area (Å²) in [5, 5.41) is 11.9. The van der Waals surface area contributed by atoms with E-state index in [1.54, 1.807) is 5.51 Å². The Kier molecular flexibility index (Phi) is 2.97. The van der Waals surface area contributed by atoms with Gasteiger partial charge < -0.3 is 5.32 Å². The van der Waals surface area contributed by atoms with E-state index >= 15 is 0 Å². The molecule has 15 heavy (non-hydrogen) atoms. The summed E-state index contributed by atoms with van der Waals surface area (Å²) >= 11 is 1.52. The molecule has 78 valence electrons. The van der Waals surface area contributed by atoms with Gasteiger partial charge in [0.15, 0.2) is 0 Å². The van der Waals surface area contributed by atoms with Crippen molar-refractivity contribution in [2.24, 2.45) is 0 Å². The van der Waals surface area contributed by atoms with Crippen LogP contribution in [0.2, 0.25) is 0 Å². The lowest BCUT2D eigenvalue weighted by Gasteiger charge is -2.12. The first-order valence-corrected chi connectivity index (χ1v) is 5.73. The van der Waals surface area contributed by atoms with Gasteiger partial charge in [0.2, 0.25) is 5.13 Å². The molecule has 1 aromatic carbocycles. The number of benzene rings is 1. The first kappa shape index (κ1) is 10.1. The second kappa shape index (κ2) is 4.40. The van der Waals surface area contributed by atoms with Crippen molar-refractivity contribution in [2.75, 3.05) is 5.32 Å². The van der Waals surface area contributed by atoms with Gasteiger partial charge >= 0.3 is 0 Å². The minimum absolute atomic E-state index is 0.263. The van der Waals surface area contributed by atoms with Gasteiger partial charge in [0.05, 0.1) is 6.04 Å². The number of nitrogens with one attached hydrogen (secondary N) is 1. The maximum Gasteiger partial charge on any atom is 0.205 e. The third-order valence-electron chi connectivity index (χ3n) is 2.28. The molecule has 0 amide bonds. The average molecular weight is 219 g/mol. The molecule has 0 aliphatic heterocycles. The van der Waals surface area contributed by atoms with Crippen molar-refractivity contribution >= 4 is 16.5 Å². The van der Waals surface area contributed by atoms with E-state index in [2.05, 4.69) is 53.6 Å². The van der Waals surface area contributed by atoms with Gasteiger partial charge in [0.25, 0.3) is 0 Å². The Morgan fingerprint density at radius 2 is 2.00 bits per heavy atom. The fourth-order valence-corrected chi connectivity index (χ4v) is 1.89. The van der Waals surface area contributed by atoms with Crippen LogP contribution in [0.5, 0.6) is 0 Å². The molecular weight excluding hydrogens is 206 g/mol. The summed E-state index contributed by atoms with van der Waals surface area (Å²) in [7, 11) is 0. The van der Waals surface area contributed by atoms with Crippen molar-refractivity contribution in [3.05, 3.63) is 40.9 Å². The first-order chi connectivity index (χ1) is 7.25. The molecule has 0 radical (unpaired) electrons. The fourth-order valence-electron chi connectivity index (χ4n) is 1.36. The zero-order valence-electron chi connectivity index (χ0n) is 8.77. The molecule has 0 aliphatic rings. The SMILES string of the molecule is Cc1ccc(C(C)Nc2nncs2)cc1. The van der Waals surface area contributed by atoms with Crippen molar-refractivity contribution in [3.63, 3.8) is 0 Å². The molecule has 2 aromatic rings. The van der Waals surface area contributed by atoms with Gasteiger partial charge in [-0.2, -0.15) is 0 Å².